The monoisotopic (exact) mass is 966 g/mol. The van der Waals surface area contributed by atoms with Crippen molar-refractivity contribution in [2.45, 2.75) is 168 Å². The fraction of sp³-hybridized carbons (Fsp3) is 0.750. The van der Waals surface area contributed by atoms with Crippen LogP contribution < -0.4 is 53.6 Å². The first-order valence-corrected chi connectivity index (χ1v) is 23.5. The number of nitrogens with two attached hydrogens (primary N) is 1. The standard InChI is InChI=1S/C44H75N11O13/c1-22(2)33(40(63)47-21-31(56)52-34(23(3)4)42(65)54-35(24(5)6)41(64)51-29(44(67)68)13-9-10-18-45)53-39(62)30-15-12-20-55(30)43(66)28(16-17-32(57)58)50-37(60)26(8)48-36(59)25(7)49-38(61)27-14-11-19-46-27/h22-30,33-35,46H,9-21,45H2,1-8H3,(H,47,63)(H,48,59)(H,49,61)(H,50,60)(H,51,64)(H,52,56)(H,53,62)(H,54,65)(H,57,58)(H,67,68)/t25-,26-,27-,28-,29-,30-,33-,34-,35-/m0/s1. The average Bonchev–Trinajstić information content (AvgIpc) is 4.00. The fourth-order valence-electron chi connectivity index (χ4n) is 7.63. The number of carboxylic acids is 2. The molecule has 24 nitrogen and oxygen atoms in total. The maximum absolute atomic E-state index is 14.0. The van der Waals surface area contributed by atoms with Crippen LogP contribution in [0.4, 0.5) is 0 Å². The van der Waals surface area contributed by atoms with Gasteiger partial charge in [0.2, 0.25) is 53.2 Å². The lowest BCUT2D eigenvalue weighted by Gasteiger charge is -2.31. The molecule has 2 heterocycles. The Morgan fingerprint density at radius 3 is 1.72 bits per heavy atom. The fourth-order valence-corrected chi connectivity index (χ4v) is 7.63. The van der Waals surface area contributed by atoms with Crippen molar-refractivity contribution in [3.63, 3.8) is 0 Å². The van der Waals surface area contributed by atoms with Crippen molar-refractivity contribution in [2.75, 3.05) is 26.2 Å². The molecule has 2 rings (SSSR count). The second-order valence-electron chi connectivity index (χ2n) is 18.4. The molecule has 384 valence electrons. The quantitative estimate of drug-likeness (QED) is 0.0356. The number of nitrogens with zero attached hydrogens (tertiary/aromatic N) is 1. The summed E-state index contributed by atoms with van der Waals surface area (Å²) in [6.07, 6.45) is 2.26. The van der Waals surface area contributed by atoms with Gasteiger partial charge in [0.25, 0.3) is 0 Å². The third kappa shape index (κ3) is 18.6. The van der Waals surface area contributed by atoms with Gasteiger partial charge in [0.05, 0.1) is 12.6 Å². The van der Waals surface area contributed by atoms with Gasteiger partial charge >= 0.3 is 11.9 Å². The zero-order valence-corrected chi connectivity index (χ0v) is 40.5. The molecule has 0 bridgehead atoms. The molecule has 2 fully saturated rings. The summed E-state index contributed by atoms with van der Waals surface area (Å²) in [5.74, 6) is -10.3. The van der Waals surface area contributed by atoms with Crippen LogP contribution in [0.15, 0.2) is 0 Å². The summed E-state index contributed by atoms with van der Waals surface area (Å²) >= 11 is 0. The summed E-state index contributed by atoms with van der Waals surface area (Å²) in [6, 6.07) is -9.90. The lowest BCUT2D eigenvalue weighted by molar-refractivity contribution is -0.143. The van der Waals surface area contributed by atoms with E-state index in [1.165, 1.54) is 18.7 Å². The number of hydrogen-bond acceptors (Lipinski definition) is 13. The van der Waals surface area contributed by atoms with Crippen molar-refractivity contribution < 1.29 is 63.0 Å². The molecule has 0 radical (unpaired) electrons. The molecule has 0 aliphatic carbocycles. The van der Waals surface area contributed by atoms with Crippen LogP contribution in [0.25, 0.3) is 0 Å². The summed E-state index contributed by atoms with van der Waals surface area (Å²) in [7, 11) is 0. The number of likely N-dealkylation sites (tertiary alicyclic amines) is 1. The summed E-state index contributed by atoms with van der Waals surface area (Å²) in [5.41, 5.74) is 5.50. The largest absolute Gasteiger partial charge is 0.481 e. The highest BCUT2D eigenvalue weighted by Gasteiger charge is 2.40. The molecule has 9 atom stereocenters. The van der Waals surface area contributed by atoms with E-state index < -0.39 is 144 Å². The second kappa shape index (κ2) is 28.4. The molecule has 2 saturated heterocycles. The van der Waals surface area contributed by atoms with Crippen molar-refractivity contribution in [1.82, 2.24) is 52.8 Å². The first-order chi connectivity index (χ1) is 31.9. The van der Waals surface area contributed by atoms with Crippen LogP contribution in [0.3, 0.4) is 0 Å². The molecule has 0 aromatic carbocycles. The summed E-state index contributed by atoms with van der Waals surface area (Å²) < 4.78 is 0. The molecular formula is C44H75N11O13. The SMILES string of the molecule is CC(C)[C@H](NC(=O)CNC(=O)[C@@H](NC(=O)[C@@H]1CCCN1C(=O)[C@H](CCC(=O)O)NC(=O)[C@H](C)NC(=O)[C@H](C)NC(=O)[C@@H]1CCCN1)C(C)C)C(=O)N[C@H](C(=O)N[C@@H](CCCCN)C(=O)O)C(C)C. The minimum Gasteiger partial charge on any atom is -0.481 e. The van der Waals surface area contributed by atoms with Crippen molar-refractivity contribution in [2.24, 2.45) is 23.5 Å². The van der Waals surface area contributed by atoms with Gasteiger partial charge in [-0.15, -0.1) is 0 Å². The molecule has 0 spiro atoms. The Bertz CT molecular complexity index is 1810. The zero-order chi connectivity index (χ0) is 51.4. The first kappa shape index (κ1) is 58.2. The van der Waals surface area contributed by atoms with Crippen LogP contribution in [0.5, 0.6) is 0 Å². The Hall–Kier alpha value is -5.91. The van der Waals surface area contributed by atoms with E-state index in [1.54, 1.807) is 41.5 Å². The highest BCUT2D eigenvalue weighted by molar-refractivity contribution is 5.98. The van der Waals surface area contributed by atoms with E-state index in [0.29, 0.717) is 38.8 Å². The lowest BCUT2D eigenvalue weighted by atomic mass is 9.99. The molecule has 9 amide bonds. The number of aliphatic carboxylic acids is 2. The van der Waals surface area contributed by atoms with Gasteiger partial charge in [0.15, 0.2) is 0 Å². The van der Waals surface area contributed by atoms with Gasteiger partial charge in [0, 0.05) is 13.0 Å². The Morgan fingerprint density at radius 2 is 1.16 bits per heavy atom. The van der Waals surface area contributed by atoms with Gasteiger partial charge in [-0.2, -0.15) is 0 Å². The van der Waals surface area contributed by atoms with E-state index >= 15 is 0 Å². The van der Waals surface area contributed by atoms with E-state index in [9.17, 15) is 63.0 Å². The molecule has 2 aliphatic heterocycles. The first-order valence-electron chi connectivity index (χ1n) is 23.5. The van der Waals surface area contributed by atoms with Gasteiger partial charge in [-0.05, 0) is 96.1 Å². The average molecular weight is 966 g/mol. The lowest BCUT2D eigenvalue weighted by Crippen LogP contribution is -2.60. The predicted octanol–water partition coefficient (Wildman–Crippen LogP) is -2.67. The highest BCUT2D eigenvalue weighted by atomic mass is 16.4. The molecule has 0 saturated carbocycles. The Kier molecular flexibility index (Phi) is 24.3. The summed E-state index contributed by atoms with van der Waals surface area (Å²) in [5, 5.41) is 42.4. The molecule has 24 heteroatoms. The third-order valence-corrected chi connectivity index (χ3v) is 11.7. The third-order valence-electron chi connectivity index (χ3n) is 11.7. The minimum absolute atomic E-state index is 0.0691. The predicted molar refractivity (Wildman–Crippen MR) is 246 cm³/mol. The smallest absolute Gasteiger partial charge is 0.326 e. The minimum atomic E-state index is -1.41. The van der Waals surface area contributed by atoms with E-state index in [2.05, 4.69) is 47.9 Å². The number of hydrogen-bond donors (Lipinski definition) is 12. The van der Waals surface area contributed by atoms with Crippen LogP contribution in [-0.4, -0.2) is 161 Å². The maximum atomic E-state index is 14.0. The van der Waals surface area contributed by atoms with E-state index in [4.69, 9.17) is 5.73 Å². The number of unbranched alkanes of at least 4 members (excludes halogenated alkanes) is 1. The van der Waals surface area contributed by atoms with Gasteiger partial charge in [-0.3, -0.25) is 47.9 Å². The van der Waals surface area contributed by atoms with E-state index in [0.717, 1.165) is 6.42 Å². The Morgan fingerprint density at radius 1 is 0.603 bits per heavy atom. The molecular weight excluding hydrogens is 891 g/mol. The summed E-state index contributed by atoms with van der Waals surface area (Å²) in [6.45, 7) is 13.2. The van der Waals surface area contributed by atoms with E-state index in [1.807, 2.05) is 0 Å². The summed E-state index contributed by atoms with van der Waals surface area (Å²) in [4.78, 5) is 144. The Balaban J connectivity index is 2.08. The van der Waals surface area contributed by atoms with Crippen LogP contribution in [0.2, 0.25) is 0 Å². The molecule has 0 aromatic heterocycles. The molecule has 68 heavy (non-hydrogen) atoms. The van der Waals surface area contributed by atoms with Crippen molar-refractivity contribution >= 4 is 65.1 Å². The van der Waals surface area contributed by atoms with Gasteiger partial charge in [0.1, 0.15) is 48.3 Å². The molecule has 2 aliphatic rings. The van der Waals surface area contributed by atoms with Gasteiger partial charge in [-0.1, -0.05) is 41.5 Å². The topological polar surface area (TPSA) is 366 Å². The maximum Gasteiger partial charge on any atom is 0.326 e. The zero-order valence-electron chi connectivity index (χ0n) is 40.5. The highest BCUT2D eigenvalue weighted by Crippen LogP contribution is 2.21. The van der Waals surface area contributed by atoms with Crippen LogP contribution in [0, 0.1) is 17.8 Å². The number of carbonyl (C=O) groups is 11. The number of amides is 9. The van der Waals surface area contributed by atoms with Crippen LogP contribution in [-0.2, 0) is 52.7 Å². The van der Waals surface area contributed by atoms with Crippen LogP contribution >= 0.6 is 0 Å². The number of carboxylic acid groups (broad SMARTS) is 2. The molecule has 0 aromatic rings. The normalized spacial score (nSPS) is 18.8. The Labute approximate surface area is 397 Å². The van der Waals surface area contributed by atoms with Crippen LogP contribution in [0.1, 0.15) is 113 Å². The van der Waals surface area contributed by atoms with E-state index in [-0.39, 0.29) is 31.7 Å². The van der Waals surface area contributed by atoms with Crippen molar-refractivity contribution in [1.29, 1.82) is 0 Å². The number of carbonyl (C=O) groups excluding carboxylic acids is 9. The van der Waals surface area contributed by atoms with Crippen molar-refractivity contribution in [3.8, 4) is 0 Å². The molecule has 13 N–H and O–H groups in total. The number of rotatable bonds is 28. The van der Waals surface area contributed by atoms with Gasteiger partial charge < -0.3 is 68.7 Å². The molecule has 0 unspecified atom stereocenters. The number of nitrogens with one attached hydrogen (secondary N) is 9. The second-order valence-corrected chi connectivity index (χ2v) is 18.4. The van der Waals surface area contributed by atoms with Crippen molar-refractivity contribution in [3.05, 3.63) is 0 Å². The van der Waals surface area contributed by atoms with Gasteiger partial charge in [-0.25, -0.2) is 4.79 Å².